The molecular formula is C20H17F4N3O6S. The number of anilines is 1. The summed E-state index contributed by atoms with van der Waals surface area (Å²) < 4.78 is 45.7. The molecule has 3 aliphatic rings. The number of fused-ring (bicyclic) bond motifs is 1. The summed E-state index contributed by atoms with van der Waals surface area (Å²) in [7, 11) is 0. The molecule has 9 nitrogen and oxygen atoms in total. The van der Waals surface area contributed by atoms with Crippen LogP contribution in [-0.2, 0) is 19.2 Å². The second kappa shape index (κ2) is 9.46. The van der Waals surface area contributed by atoms with Crippen LogP contribution in [0.1, 0.15) is 6.42 Å². The van der Waals surface area contributed by atoms with Crippen molar-refractivity contribution in [2.75, 3.05) is 17.2 Å². The molecule has 0 radical (unpaired) electrons. The number of para-hydroxylation sites is 1. The number of hydrogen-bond donors (Lipinski definition) is 3. The number of β-lactam (4-membered cyclic amide) rings is 1. The van der Waals surface area contributed by atoms with Gasteiger partial charge in [0, 0.05) is 17.9 Å². The maximum absolute atomic E-state index is 14.0. The summed E-state index contributed by atoms with van der Waals surface area (Å²) in [6.07, 6.45) is -3.20. The molecule has 2 saturated heterocycles. The Morgan fingerprint density at radius 3 is 2.35 bits per heavy atom. The van der Waals surface area contributed by atoms with Crippen LogP contribution in [0.15, 0.2) is 47.2 Å². The minimum absolute atomic E-state index is 0.130. The Labute approximate surface area is 193 Å². The maximum Gasteiger partial charge on any atom is 0.490 e. The highest BCUT2D eigenvalue weighted by Gasteiger charge is 2.51. The molecule has 1 aromatic carbocycles. The second-order valence-electron chi connectivity index (χ2n) is 7.25. The van der Waals surface area contributed by atoms with Crippen molar-refractivity contribution in [1.29, 1.82) is 0 Å². The number of halogens is 4. The predicted molar refractivity (Wildman–Crippen MR) is 111 cm³/mol. The smallest absolute Gasteiger partial charge is 0.477 e. The number of aliphatic carboxylic acids is 2. The van der Waals surface area contributed by atoms with Gasteiger partial charge in [-0.1, -0.05) is 12.1 Å². The molecule has 2 amide bonds. The van der Waals surface area contributed by atoms with Crippen LogP contribution in [0, 0.1) is 5.82 Å². The Morgan fingerprint density at radius 1 is 1.18 bits per heavy atom. The molecule has 14 heteroatoms. The molecule has 1 aromatic rings. The Morgan fingerprint density at radius 2 is 1.79 bits per heavy atom. The van der Waals surface area contributed by atoms with E-state index in [9.17, 15) is 37.1 Å². The molecule has 0 unspecified atom stereocenters. The van der Waals surface area contributed by atoms with Crippen LogP contribution < -0.4 is 10.6 Å². The van der Waals surface area contributed by atoms with E-state index in [1.54, 1.807) is 12.1 Å². The fourth-order valence-corrected chi connectivity index (χ4v) is 4.76. The normalized spacial score (nSPS) is 23.4. The highest BCUT2D eigenvalue weighted by atomic mass is 32.2. The molecule has 0 aliphatic carbocycles. The van der Waals surface area contributed by atoms with Gasteiger partial charge in [0.15, 0.2) is 0 Å². The molecule has 0 saturated carbocycles. The highest BCUT2D eigenvalue weighted by Crippen LogP contribution is 2.40. The van der Waals surface area contributed by atoms with Gasteiger partial charge < -0.3 is 20.8 Å². The first-order chi connectivity index (χ1) is 15.8. The van der Waals surface area contributed by atoms with Gasteiger partial charge in [-0.3, -0.25) is 14.5 Å². The number of thioether (sulfide) groups is 1. The van der Waals surface area contributed by atoms with E-state index in [1.165, 1.54) is 39.8 Å². The van der Waals surface area contributed by atoms with Gasteiger partial charge >= 0.3 is 18.1 Å². The minimum Gasteiger partial charge on any atom is -0.477 e. The number of nitrogens with two attached hydrogens (primary N) is 1. The zero-order chi connectivity index (χ0) is 25.4. The molecule has 3 aliphatic heterocycles. The summed E-state index contributed by atoms with van der Waals surface area (Å²) in [5.41, 5.74) is 6.58. The lowest BCUT2D eigenvalue weighted by molar-refractivity contribution is -0.192. The summed E-state index contributed by atoms with van der Waals surface area (Å²) in [6, 6.07) is 5.30. The monoisotopic (exact) mass is 503 g/mol. The number of nitrogens with zero attached hydrogens (tertiary/aromatic N) is 2. The highest BCUT2D eigenvalue weighted by molar-refractivity contribution is 8.00. The lowest BCUT2D eigenvalue weighted by Crippen LogP contribution is -2.68. The van der Waals surface area contributed by atoms with Gasteiger partial charge in [-0.15, -0.1) is 11.8 Å². The molecular weight excluding hydrogens is 486 g/mol. The van der Waals surface area contributed by atoms with Crippen LogP contribution in [0.4, 0.5) is 23.2 Å². The van der Waals surface area contributed by atoms with E-state index < -0.39 is 35.9 Å². The number of amides is 2. The maximum atomic E-state index is 14.0. The van der Waals surface area contributed by atoms with Gasteiger partial charge in [-0.05, 0) is 30.2 Å². The van der Waals surface area contributed by atoms with Crippen molar-refractivity contribution in [2.24, 2.45) is 5.73 Å². The fourth-order valence-electron chi connectivity index (χ4n) is 3.51. The number of rotatable bonds is 3. The van der Waals surface area contributed by atoms with Gasteiger partial charge in [0.1, 0.15) is 22.9 Å². The molecule has 2 fully saturated rings. The summed E-state index contributed by atoms with van der Waals surface area (Å²) in [5.74, 6) is -4.95. The SMILES string of the molecule is N[C@@H]1C(=O)N2C(C(=O)O)=C(/C=C3\CCN(c4ccccc4F)C3=O)CS[C@H]12.O=C(O)C(F)(F)F. The predicted octanol–water partition coefficient (Wildman–Crippen LogP) is 1.70. The summed E-state index contributed by atoms with van der Waals surface area (Å²) >= 11 is 1.37. The van der Waals surface area contributed by atoms with E-state index in [0.717, 1.165) is 0 Å². The van der Waals surface area contributed by atoms with Crippen LogP contribution in [0.5, 0.6) is 0 Å². The van der Waals surface area contributed by atoms with Crippen LogP contribution in [-0.4, -0.2) is 68.8 Å². The first kappa shape index (κ1) is 25.2. The van der Waals surface area contributed by atoms with Crippen molar-refractivity contribution in [2.45, 2.75) is 24.0 Å². The lowest BCUT2D eigenvalue weighted by atomic mass is 10.0. The molecule has 0 bridgehead atoms. The van der Waals surface area contributed by atoms with Crippen molar-refractivity contribution >= 4 is 41.2 Å². The topological polar surface area (TPSA) is 141 Å². The standard InChI is InChI=1S/C18H16FN3O4S.C2HF3O2/c19-11-3-1-2-4-12(11)21-6-5-9(15(21)23)7-10-8-27-17-13(20)16(24)22(17)14(10)18(25)26;3-2(4,5)1(6)7/h1-4,7,13,17H,5-6,8,20H2,(H,25,26);(H,6,7)/b9-7+;/t13-,17-;/m1./s1. The number of alkyl halides is 3. The van der Waals surface area contributed by atoms with E-state index >= 15 is 0 Å². The Balaban J connectivity index is 0.000000406. The zero-order valence-electron chi connectivity index (χ0n) is 17.1. The Bertz CT molecular complexity index is 1120. The number of carboxylic acid groups (broad SMARTS) is 2. The van der Waals surface area contributed by atoms with E-state index in [1.807, 2.05) is 0 Å². The van der Waals surface area contributed by atoms with Crippen molar-refractivity contribution in [3.63, 3.8) is 0 Å². The molecule has 0 spiro atoms. The van der Waals surface area contributed by atoms with Crippen LogP contribution in [0.2, 0.25) is 0 Å². The molecule has 0 aromatic heterocycles. The van der Waals surface area contributed by atoms with Gasteiger partial charge in [0.25, 0.3) is 5.91 Å². The van der Waals surface area contributed by atoms with Crippen LogP contribution in [0.3, 0.4) is 0 Å². The molecule has 34 heavy (non-hydrogen) atoms. The first-order valence-corrected chi connectivity index (χ1v) is 10.6. The van der Waals surface area contributed by atoms with Crippen LogP contribution in [0.25, 0.3) is 0 Å². The minimum atomic E-state index is -5.08. The van der Waals surface area contributed by atoms with Crippen LogP contribution >= 0.6 is 11.8 Å². The summed E-state index contributed by atoms with van der Waals surface area (Å²) in [5, 5.41) is 16.3. The van der Waals surface area contributed by atoms with Gasteiger partial charge in [0.2, 0.25) is 5.91 Å². The van der Waals surface area contributed by atoms with Crippen molar-refractivity contribution < 1.29 is 47.0 Å². The third-order valence-electron chi connectivity index (χ3n) is 5.10. The summed E-state index contributed by atoms with van der Waals surface area (Å²) in [6.45, 7) is 0.310. The average Bonchev–Trinajstić information content (AvgIpc) is 3.12. The quantitative estimate of drug-likeness (QED) is 0.322. The molecule has 4 rings (SSSR count). The third-order valence-corrected chi connectivity index (χ3v) is 6.42. The second-order valence-corrected chi connectivity index (χ2v) is 8.35. The zero-order valence-corrected chi connectivity index (χ0v) is 17.9. The summed E-state index contributed by atoms with van der Waals surface area (Å²) in [4.78, 5) is 47.8. The number of hydrogen-bond acceptors (Lipinski definition) is 6. The lowest BCUT2D eigenvalue weighted by Gasteiger charge is -2.47. The van der Waals surface area contributed by atoms with Gasteiger partial charge in [-0.2, -0.15) is 13.2 Å². The van der Waals surface area contributed by atoms with E-state index in [2.05, 4.69) is 0 Å². The van der Waals surface area contributed by atoms with Crippen molar-refractivity contribution in [1.82, 2.24) is 4.90 Å². The molecule has 182 valence electrons. The first-order valence-electron chi connectivity index (χ1n) is 9.58. The number of benzene rings is 1. The van der Waals surface area contributed by atoms with Gasteiger partial charge in [-0.25, -0.2) is 14.0 Å². The number of carbonyl (C=O) groups excluding carboxylic acids is 2. The Hall–Kier alpha value is -3.39. The number of carboxylic acids is 2. The van der Waals surface area contributed by atoms with E-state index in [-0.39, 0.29) is 22.7 Å². The molecule has 3 heterocycles. The fraction of sp³-hybridized carbons (Fsp3) is 0.300. The number of carbonyl (C=O) groups is 4. The van der Waals surface area contributed by atoms with E-state index in [4.69, 9.17) is 15.6 Å². The van der Waals surface area contributed by atoms with Crippen molar-refractivity contribution in [3.8, 4) is 0 Å². The van der Waals surface area contributed by atoms with E-state index in [0.29, 0.717) is 29.9 Å². The largest absolute Gasteiger partial charge is 0.490 e. The average molecular weight is 503 g/mol. The third kappa shape index (κ3) is 4.77. The number of allylic oxidation sites excluding steroid dienone is 1. The van der Waals surface area contributed by atoms with Crippen molar-refractivity contribution in [3.05, 3.63) is 53.0 Å². The molecule has 2 atom stereocenters. The van der Waals surface area contributed by atoms with Gasteiger partial charge in [0.05, 0.1) is 5.69 Å². The Kier molecular flexibility index (Phi) is 7.02. The molecule has 4 N–H and O–H groups in total.